The fourth-order valence-corrected chi connectivity index (χ4v) is 3.76. The van der Waals surface area contributed by atoms with Crippen LogP contribution in [0.3, 0.4) is 0 Å². The van der Waals surface area contributed by atoms with Crippen LogP contribution in [0.25, 0.3) is 0 Å². The summed E-state index contributed by atoms with van der Waals surface area (Å²) in [5.41, 5.74) is 2.63. The molecule has 4 rings (SSSR count). The van der Waals surface area contributed by atoms with Gasteiger partial charge in [-0.2, -0.15) is 0 Å². The third-order valence-electron chi connectivity index (χ3n) is 5.67. The zero-order chi connectivity index (χ0) is 25.5. The van der Waals surface area contributed by atoms with Gasteiger partial charge in [-0.15, -0.1) is 0 Å². The van der Waals surface area contributed by atoms with E-state index < -0.39 is 23.7 Å². The summed E-state index contributed by atoms with van der Waals surface area (Å²) in [6.45, 7) is 2.04. The molecule has 3 aromatic carbocycles. The Balaban J connectivity index is 1.83. The Labute approximate surface area is 208 Å². The molecule has 4 aromatic rings. The van der Waals surface area contributed by atoms with E-state index in [0.29, 0.717) is 22.7 Å². The minimum Gasteiger partial charge on any atom is -0.497 e. The summed E-state index contributed by atoms with van der Waals surface area (Å²) in [6.07, 6.45) is 5.07. The number of nitrogens with zero attached hydrogens (tertiary/aromatic N) is 3. The van der Waals surface area contributed by atoms with Crippen LogP contribution in [0.1, 0.15) is 34.6 Å². The molecule has 7 nitrogen and oxygen atoms in total. The third-order valence-corrected chi connectivity index (χ3v) is 5.67. The molecule has 1 unspecified atom stereocenters. The van der Waals surface area contributed by atoms with Crippen molar-refractivity contribution < 1.29 is 18.7 Å². The number of carbonyl (C=O) groups is 2. The van der Waals surface area contributed by atoms with Crippen LogP contribution >= 0.6 is 0 Å². The lowest BCUT2D eigenvalue weighted by atomic mass is 10.00. The highest BCUT2D eigenvalue weighted by molar-refractivity contribution is 6.11. The first-order valence-corrected chi connectivity index (χ1v) is 11.4. The fourth-order valence-electron chi connectivity index (χ4n) is 3.76. The first-order chi connectivity index (χ1) is 17.5. The molecule has 0 saturated carbocycles. The van der Waals surface area contributed by atoms with Gasteiger partial charge in [0.2, 0.25) is 0 Å². The molecule has 0 radical (unpaired) electrons. The SMILES string of the molecule is CCc1ccc(C(C(=O)Nc2ccc(F)cc2)N(C(=O)c2cnccn2)c2ccc(OC)cc2)cc1. The molecule has 0 bridgehead atoms. The maximum Gasteiger partial charge on any atom is 0.279 e. The van der Waals surface area contributed by atoms with Gasteiger partial charge in [-0.1, -0.05) is 31.2 Å². The Bertz CT molecular complexity index is 1310. The van der Waals surface area contributed by atoms with Crippen molar-refractivity contribution in [3.63, 3.8) is 0 Å². The molecule has 8 heteroatoms. The summed E-state index contributed by atoms with van der Waals surface area (Å²) in [4.78, 5) is 37.1. The van der Waals surface area contributed by atoms with Crippen LogP contribution in [-0.4, -0.2) is 28.9 Å². The van der Waals surface area contributed by atoms with Gasteiger partial charge in [-0.05, 0) is 66.1 Å². The zero-order valence-electron chi connectivity index (χ0n) is 19.9. The summed E-state index contributed by atoms with van der Waals surface area (Å²) in [5.74, 6) is -0.798. The minimum absolute atomic E-state index is 0.0816. The number of hydrogen-bond acceptors (Lipinski definition) is 5. The van der Waals surface area contributed by atoms with E-state index in [9.17, 15) is 14.0 Å². The predicted molar refractivity (Wildman–Crippen MR) is 135 cm³/mol. The monoisotopic (exact) mass is 484 g/mol. The predicted octanol–water partition coefficient (Wildman–Crippen LogP) is 5.21. The van der Waals surface area contributed by atoms with E-state index in [1.165, 1.54) is 47.8 Å². The topological polar surface area (TPSA) is 84.4 Å². The Morgan fingerprint density at radius 3 is 2.25 bits per heavy atom. The number of aromatic nitrogens is 2. The number of benzene rings is 3. The molecular weight excluding hydrogens is 459 g/mol. The Kier molecular flexibility index (Phi) is 7.65. The number of anilines is 2. The molecule has 0 spiro atoms. The van der Waals surface area contributed by atoms with Gasteiger partial charge >= 0.3 is 0 Å². The van der Waals surface area contributed by atoms with Crippen LogP contribution in [0.4, 0.5) is 15.8 Å². The lowest BCUT2D eigenvalue weighted by Crippen LogP contribution is -2.42. The summed E-state index contributed by atoms with van der Waals surface area (Å²) in [7, 11) is 1.55. The van der Waals surface area contributed by atoms with E-state index in [1.54, 1.807) is 31.4 Å². The minimum atomic E-state index is -1.07. The van der Waals surface area contributed by atoms with Crippen molar-refractivity contribution >= 4 is 23.2 Å². The van der Waals surface area contributed by atoms with Gasteiger partial charge in [0.15, 0.2) is 0 Å². The first-order valence-electron chi connectivity index (χ1n) is 11.4. The molecule has 1 atom stereocenters. The van der Waals surface area contributed by atoms with Gasteiger partial charge in [0.05, 0.1) is 13.3 Å². The van der Waals surface area contributed by atoms with E-state index in [-0.39, 0.29) is 5.69 Å². The second-order valence-electron chi connectivity index (χ2n) is 7.96. The molecule has 2 amide bonds. The van der Waals surface area contributed by atoms with Gasteiger partial charge in [0.25, 0.3) is 11.8 Å². The van der Waals surface area contributed by atoms with Crippen LogP contribution in [0.5, 0.6) is 5.75 Å². The molecule has 0 saturated heterocycles. The van der Waals surface area contributed by atoms with Crippen molar-refractivity contribution in [1.29, 1.82) is 0 Å². The number of nitrogens with one attached hydrogen (secondary N) is 1. The Hall–Kier alpha value is -4.59. The summed E-state index contributed by atoms with van der Waals surface area (Å²) in [5, 5.41) is 2.82. The number of hydrogen-bond donors (Lipinski definition) is 1. The number of amides is 2. The van der Waals surface area contributed by atoms with Crippen molar-refractivity contribution in [2.45, 2.75) is 19.4 Å². The fraction of sp³-hybridized carbons (Fsp3) is 0.143. The third kappa shape index (κ3) is 5.55. The highest BCUT2D eigenvalue weighted by Crippen LogP contribution is 2.32. The van der Waals surface area contributed by atoms with E-state index in [1.807, 2.05) is 31.2 Å². The van der Waals surface area contributed by atoms with Crippen LogP contribution in [0, 0.1) is 5.82 Å². The molecule has 0 aliphatic carbocycles. The molecule has 1 aromatic heterocycles. The number of ether oxygens (including phenoxy) is 1. The van der Waals surface area contributed by atoms with Gasteiger partial charge < -0.3 is 10.1 Å². The van der Waals surface area contributed by atoms with Crippen molar-refractivity contribution in [2.24, 2.45) is 0 Å². The summed E-state index contributed by atoms with van der Waals surface area (Å²) < 4.78 is 18.7. The number of rotatable bonds is 8. The normalized spacial score (nSPS) is 11.4. The first kappa shape index (κ1) is 24.5. The second kappa shape index (κ2) is 11.2. The van der Waals surface area contributed by atoms with Crippen molar-refractivity contribution in [1.82, 2.24) is 9.97 Å². The lowest BCUT2D eigenvalue weighted by molar-refractivity contribution is -0.117. The highest BCUT2D eigenvalue weighted by Gasteiger charge is 2.34. The molecular formula is C28H25FN4O3. The van der Waals surface area contributed by atoms with Crippen LogP contribution in [0.15, 0.2) is 91.4 Å². The van der Waals surface area contributed by atoms with Gasteiger partial charge in [-0.25, -0.2) is 9.37 Å². The molecule has 1 heterocycles. The lowest BCUT2D eigenvalue weighted by Gasteiger charge is -2.31. The maximum absolute atomic E-state index is 13.8. The van der Waals surface area contributed by atoms with E-state index in [2.05, 4.69) is 15.3 Å². The molecule has 0 fully saturated rings. The van der Waals surface area contributed by atoms with Crippen molar-refractivity contribution in [3.8, 4) is 5.75 Å². The number of carbonyl (C=O) groups excluding carboxylic acids is 2. The number of aryl methyl sites for hydroxylation is 1. The Morgan fingerprint density at radius 1 is 0.972 bits per heavy atom. The van der Waals surface area contributed by atoms with Crippen molar-refractivity contribution in [3.05, 3.63) is 114 Å². The average molecular weight is 485 g/mol. The average Bonchev–Trinajstić information content (AvgIpc) is 2.93. The van der Waals surface area contributed by atoms with Gasteiger partial charge in [-0.3, -0.25) is 19.5 Å². The van der Waals surface area contributed by atoms with E-state index in [4.69, 9.17) is 4.74 Å². The standard InChI is InChI=1S/C28H25FN4O3/c1-3-19-4-6-20(7-5-19)26(27(34)32-22-10-8-21(29)9-11-22)33(23-12-14-24(36-2)15-13-23)28(35)25-18-30-16-17-31-25/h4-18,26H,3H2,1-2H3,(H,32,34). The second-order valence-corrected chi connectivity index (χ2v) is 7.96. The van der Waals surface area contributed by atoms with Gasteiger partial charge in [0.1, 0.15) is 23.3 Å². The molecule has 182 valence electrons. The number of methoxy groups -OCH3 is 1. The Morgan fingerprint density at radius 2 is 1.67 bits per heavy atom. The molecule has 0 aliphatic rings. The van der Waals surface area contributed by atoms with E-state index in [0.717, 1.165) is 12.0 Å². The largest absolute Gasteiger partial charge is 0.497 e. The van der Waals surface area contributed by atoms with Crippen LogP contribution in [0.2, 0.25) is 0 Å². The summed E-state index contributed by atoms with van der Waals surface area (Å²) in [6, 6.07) is 18.7. The van der Waals surface area contributed by atoms with Gasteiger partial charge in [0, 0.05) is 23.8 Å². The van der Waals surface area contributed by atoms with E-state index >= 15 is 0 Å². The maximum atomic E-state index is 13.8. The quantitative estimate of drug-likeness (QED) is 0.371. The van der Waals surface area contributed by atoms with Crippen LogP contribution in [-0.2, 0) is 11.2 Å². The van der Waals surface area contributed by atoms with Crippen molar-refractivity contribution in [2.75, 3.05) is 17.3 Å². The highest BCUT2D eigenvalue weighted by atomic mass is 19.1. The van der Waals surface area contributed by atoms with Crippen LogP contribution < -0.4 is 15.0 Å². The molecule has 0 aliphatic heterocycles. The molecule has 36 heavy (non-hydrogen) atoms. The smallest absolute Gasteiger partial charge is 0.279 e. The summed E-state index contributed by atoms with van der Waals surface area (Å²) >= 11 is 0. The zero-order valence-corrected chi connectivity index (χ0v) is 19.9. The number of halogens is 1. The molecule has 1 N–H and O–H groups in total.